The van der Waals surface area contributed by atoms with E-state index in [1.54, 1.807) is 25.0 Å². The van der Waals surface area contributed by atoms with Gasteiger partial charge in [0, 0.05) is 12.8 Å². The maximum atomic E-state index is 11.1. The molecule has 0 spiro atoms. The van der Waals surface area contributed by atoms with E-state index in [0.29, 0.717) is 0 Å². The standard InChI is InChI=1S/2C16H13O2.Pd/c2*17-16(18)15(11-13-7-3-1-4-8-13)12-14-9-5-2-6-10-14;/h2*1-12H,(H,17,18);/q;;+2/p-2. The maximum Gasteiger partial charge on any atom is 2.00 e. The van der Waals surface area contributed by atoms with E-state index in [-0.39, 0.29) is 31.6 Å². The van der Waals surface area contributed by atoms with Crippen molar-refractivity contribution >= 4 is 24.1 Å². The van der Waals surface area contributed by atoms with E-state index < -0.39 is 11.9 Å². The van der Waals surface area contributed by atoms with Gasteiger partial charge in [-0.05, 0) is 45.6 Å². The average molecular weight is 579 g/mol. The Morgan fingerprint density at radius 3 is 0.919 bits per heavy atom. The first-order chi connectivity index (χ1) is 17.5. The summed E-state index contributed by atoms with van der Waals surface area (Å²) < 4.78 is 0. The smallest absolute Gasteiger partial charge is 0.545 e. The van der Waals surface area contributed by atoms with Crippen molar-refractivity contribution in [3.05, 3.63) is 168 Å². The Bertz CT molecular complexity index is 1200. The van der Waals surface area contributed by atoms with Crippen LogP contribution in [0, 0.1) is 12.8 Å². The normalized spacial score (nSPS) is 10.9. The van der Waals surface area contributed by atoms with Gasteiger partial charge in [0.05, 0.1) is 11.9 Å². The summed E-state index contributed by atoms with van der Waals surface area (Å²) in [5.41, 5.74) is 3.67. The number of carboxylic acid groups (broad SMARTS) is 2. The van der Waals surface area contributed by atoms with Gasteiger partial charge in [-0.3, -0.25) is 0 Å². The van der Waals surface area contributed by atoms with Gasteiger partial charge in [0.15, 0.2) is 0 Å². The van der Waals surface area contributed by atoms with Gasteiger partial charge in [-0.1, -0.05) is 121 Å². The second-order valence-electron chi connectivity index (χ2n) is 7.71. The summed E-state index contributed by atoms with van der Waals surface area (Å²) in [7, 11) is 0. The van der Waals surface area contributed by atoms with Crippen LogP contribution in [0.5, 0.6) is 0 Å². The molecule has 0 heterocycles. The molecule has 0 unspecified atom stereocenters. The first-order valence-electron chi connectivity index (χ1n) is 11.3. The molecule has 0 bridgehead atoms. The molecular formula is C32H24O4Pd. The fourth-order valence-electron chi connectivity index (χ4n) is 3.23. The predicted octanol–water partition coefficient (Wildman–Crippen LogP) is 4.14. The van der Waals surface area contributed by atoms with Gasteiger partial charge in [0.2, 0.25) is 0 Å². The third-order valence-electron chi connectivity index (χ3n) is 4.96. The molecule has 4 rings (SSSR count). The Morgan fingerprint density at radius 1 is 0.432 bits per heavy atom. The molecule has 0 saturated heterocycles. The topological polar surface area (TPSA) is 80.3 Å². The van der Waals surface area contributed by atoms with Crippen molar-refractivity contribution in [2.45, 2.75) is 0 Å². The zero-order valence-electron chi connectivity index (χ0n) is 19.8. The first kappa shape index (κ1) is 29.2. The number of carboxylic acids is 2. The fraction of sp³-hybridized carbons (Fsp3) is 0. The Morgan fingerprint density at radius 2 is 0.676 bits per heavy atom. The second-order valence-corrected chi connectivity index (χ2v) is 7.71. The number of benzene rings is 4. The SMILES string of the molecule is O=C([O-])C([CH]c1ccccc1)=Cc1ccccc1.O=C([O-])C([CH]c1ccccc1)=Cc1ccccc1.[Pd+2]. The van der Waals surface area contributed by atoms with Crippen LogP contribution in [0.1, 0.15) is 22.3 Å². The predicted molar refractivity (Wildman–Crippen MR) is 139 cm³/mol. The monoisotopic (exact) mass is 578 g/mol. The van der Waals surface area contributed by atoms with Crippen molar-refractivity contribution in [3.63, 3.8) is 0 Å². The number of rotatable bonds is 8. The number of hydrogen-bond acceptors (Lipinski definition) is 4. The van der Waals surface area contributed by atoms with Crippen LogP contribution in [-0.2, 0) is 30.0 Å². The van der Waals surface area contributed by atoms with E-state index >= 15 is 0 Å². The van der Waals surface area contributed by atoms with Crippen LogP contribution in [-0.4, -0.2) is 11.9 Å². The summed E-state index contributed by atoms with van der Waals surface area (Å²) in [5.74, 6) is -2.36. The van der Waals surface area contributed by atoms with Crippen LogP contribution >= 0.6 is 0 Å². The molecule has 0 aliphatic heterocycles. The molecule has 0 atom stereocenters. The quantitative estimate of drug-likeness (QED) is 0.233. The summed E-state index contributed by atoms with van der Waals surface area (Å²) >= 11 is 0. The van der Waals surface area contributed by atoms with E-state index in [1.807, 2.05) is 121 Å². The van der Waals surface area contributed by atoms with Gasteiger partial charge in [-0.25, -0.2) is 0 Å². The van der Waals surface area contributed by atoms with E-state index in [0.717, 1.165) is 22.3 Å². The number of carbonyl (C=O) groups is 2. The van der Waals surface area contributed by atoms with Crippen LogP contribution in [0.4, 0.5) is 0 Å². The molecule has 0 aromatic heterocycles. The Balaban J connectivity index is 0.000000253. The fourth-order valence-corrected chi connectivity index (χ4v) is 3.23. The van der Waals surface area contributed by atoms with E-state index in [1.165, 1.54) is 0 Å². The Kier molecular flexibility index (Phi) is 12.5. The molecule has 0 aliphatic carbocycles. The molecule has 0 saturated carbocycles. The Labute approximate surface area is 231 Å². The summed E-state index contributed by atoms with van der Waals surface area (Å²) in [5, 5.41) is 22.2. The van der Waals surface area contributed by atoms with Crippen molar-refractivity contribution in [1.82, 2.24) is 0 Å². The number of hydrogen-bond donors (Lipinski definition) is 0. The van der Waals surface area contributed by atoms with Crippen LogP contribution < -0.4 is 10.2 Å². The third kappa shape index (κ3) is 10.6. The van der Waals surface area contributed by atoms with Gasteiger partial charge >= 0.3 is 20.4 Å². The van der Waals surface area contributed by atoms with E-state index in [9.17, 15) is 19.8 Å². The van der Waals surface area contributed by atoms with Crippen molar-refractivity contribution in [2.75, 3.05) is 0 Å². The largest absolute Gasteiger partial charge is 2.00 e. The van der Waals surface area contributed by atoms with Gasteiger partial charge in [-0.2, -0.15) is 0 Å². The molecular weight excluding hydrogens is 555 g/mol. The molecule has 0 N–H and O–H groups in total. The molecule has 0 fully saturated rings. The summed E-state index contributed by atoms with van der Waals surface area (Å²) in [6, 6.07) is 37.2. The molecule has 5 heteroatoms. The van der Waals surface area contributed by atoms with Crippen LogP contribution in [0.25, 0.3) is 12.2 Å². The molecule has 2 radical (unpaired) electrons. The van der Waals surface area contributed by atoms with Crippen molar-refractivity contribution in [3.8, 4) is 0 Å². The zero-order chi connectivity index (χ0) is 25.6. The van der Waals surface area contributed by atoms with Crippen molar-refractivity contribution in [2.24, 2.45) is 0 Å². The molecule has 4 aromatic rings. The maximum absolute atomic E-state index is 11.1. The van der Waals surface area contributed by atoms with Crippen molar-refractivity contribution in [1.29, 1.82) is 0 Å². The first-order valence-corrected chi connectivity index (χ1v) is 11.3. The summed E-state index contributed by atoms with van der Waals surface area (Å²) in [4.78, 5) is 22.2. The minimum atomic E-state index is -1.18. The molecule has 0 aliphatic rings. The van der Waals surface area contributed by atoms with Crippen LogP contribution in [0.15, 0.2) is 132 Å². The zero-order valence-corrected chi connectivity index (χ0v) is 21.4. The molecule has 0 amide bonds. The van der Waals surface area contributed by atoms with Crippen molar-refractivity contribution < 1.29 is 40.2 Å². The van der Waals surface area contributed by atoms with Crippen LogP contribution in [0.2, 0.25) is 0 Å². The van der Waals surface area contributed by atoms with E-state index in [4.69, 9.17) is 0 Å². The minimum Gasteiger partial charge on any atom is -0.545 e. The molecule has 4 nitrogen and oxygen atoms in total. The molecule has 4 aromatic carbocycles. The second kappa shape index (κ2) is 15.9. The minimum absolute atomic E-state index is 0. The molecule has 37 heavy (non-hydrogen) atoms. The molecule has 186 valence electrons. The van der Waals surface area contributed by atoms with Gasteiger partial charge in [0.25, 0.3) is 0 Å². The number of carbonyl (C=O) groups excluding carboxylic acids is 2. The number of aliphatic carboxylic acids is 2. The van der Waals surface area contributed by atoms with Crippen LogP contribution in [0.3, 0.4) is 0 Å². The van der Waals surface area contributed by atoms with Gasteiger partial charge in [-0.15, -0.1) is 0 Å². The Hall–Kier alpha value is -4.04. The van der Waals surface area contributed by atoms with Gasteiger partial charge in [0.1, 0.15) is 0 Å². The summed E-state index contributed by atoms with van der Waals surface area (Å²) in [6.07, 6.45) is 6.40. The third-order valence-corrected chi connectivity index (χ3v) is 4.96. The average Bonchev–Trinajstić information content (AvgIpc) is 2.91. The van der Waals surface area contributed by atoms with E-state index in [2.05, 4.69) is 0 Å². The van der Waals surface area contributed by atoms with Gasteiger partial charge < -0.3 is 19.8 Å². The summed E-state index contributed by atoms with van der Waals surface area (Å²) in [6.45, 7) is 0.